The topological polar surface area (TPSA) is 35.6 Å². The summed E-state index contributed by atoms with van der Waals surface area (Å²) in [6, 6.07) is 0.616. The van der Waals surface area contributed by atoms with Gasteiger partial charge in [-0.1, -0.05) is 0 Å². The molecule has 0 bridgehead atoms. The van der Waals surface area contributed by atoms with Gasteiger partial charge >= 0.3 is 0 Å². The molecular formula is C10H21N3O. The van der Waals surface area contributed by atoms with Crippen LogP contribution in [0.25, 0.3) is 0 Å². The van der Waals surface area contributed by atoms with E-state index < -0.39 is 0 Å². The van der Waals surface area contributed by atoms with Gasteiger partial charge in [0.2, 0.25) is 5.91 Å². The van der Waals surface area contributed by atoms with Crippen LogP contribution < -0.4 is 5.32 Å². The van der Waals surface area contributed by atoms with Gasteiger partial charge in [-0.2, -0.15) is 0 Å². The lowest BCUT2D eigenvalue weighted by molar-refractivity contribution is -0.127. The summed E-state index contributed by atoms with van der Waals surface area (Å²) in [6.45, 7) is 2.57. The Morgan fingerprint density at radius 1 is 1.57 bits per heavy atom. The molecule has 4 nitrogen and oxygen atoms in total. The normalized spacial score (nSPS) is 22.6. The fourth-order valence-corrected chi connectivity index (χ4v) is 1.74. The van der Waals surface area contributed by atoms with E-state index in [4.69, 9.17) is 0 Å². The molecule has 4 heteroatoms. The van der Waals surface area contributed by atoms with Gasteiger partial charge in [-0.15, -0.1) is 0 Å². The molecule has 1 aliphatic rings. The molecule has 1 atom stereocenters. The van der Waals surface area contributed by atoms with Crippen molar-refractivity contribution in [2.24, 2.45) is 0 Å². The van der Waals surface area contributed by atoms with Crippen LogP contribution in [0.2, 0.25) is 0 Å². The second-order valence-electron chi connectivity index (χ2n) is 4.20. The molecule has 1 N–H and O–H groups in total. The van der Waals surface area contributed by atoms with Crippen LogP contribution in [0.3, 0.4) is 0 Å². The van der Waals surface area contributed by atoms with Crippen molar-refractivity contribution in [3.05, 3.63) is 0 Å². The number of carbonyl (C=O) groups is 1. The Kier molecular flexibility index (Phi) is 4.35. The Bertz CT molecular complexity index is 194. The van der Waals surface area contributed by atoms with Crippen molar-refractivity contribution in [3.8, 4) is 0 Å². The average Bonchev–Trinajstić information content (AvgIpc) is 2.51. The molecule has 14 heavy (non-hydrogen) atoms. The molecule has 0 spiro atoms. The van der Waals surface area contributed by atoms with E-state index in [0.29, 0.717) is 12.6 Å². The van der Waals surface area contributed by atoms with Crippen LogP contribution in [0.1, 0.15) is 12.8 Å². The van der Waals surface area contributed by atoms with Crippen LogP contribution in [-0.2, 0) is 4.79 Å². The van der Waals surface area contributed by atoms with Crippen LogP contribution in [-0.4, -0.2) is 62.5 Å². The molecule has 0 radical (unpaired) electrons. The minimum Gasteiger partial charge on any atom is -0.348 e. The minimum absolute atomic E-state index is 0.144. The Morgan fingerprint density at radius 2 is 2.29 bits per heavy atom. The highest BCUT2D eigenvalue weighted by atomic mass is 16.2. The molecule has 0 aromatic heterocycles. The quantitative estimate of drug-likeness (QED) is 0.678. The number of hydrogen-bond donors (Lipinski definition) is 1. The molecule has 0 aromatic carbocycles. The highest BCUT2D eigenvalue weighted by Crippen LogP contribution is 2.13. The van der Waals surface area contributed by atoms with Gasteiger partial charge in [0, 0.05) is 26.7 Å². The molecule has 1 heterocycles. The average molecular weight is 199 g/mol. The summed E-state index contributed by atoms with van der Waals surface area (Å²) >= 11 is 0. The minimum atomic E-state index is 0.144. The molecule has 1 fully saturated rings. The number of nitrogens with one attached hydrogen (secondary N) is 1. The summed E-state index contributed by atoms with van der Waals surface area (Å²) in [6.07, 6.45) is 2.53. The maximum Gasteiger partial charge on any atom is 0.236 e. The second-order valence-corrected chi connectivity index (χ2v) is 4.20. The number of likely N-dealkylation sites (N-methyl/N-ethyl adjacent to an activating group) is 2. The van der Waals surface area contributed by atoms with E-state index in [1.165, 1.54) is 19.4 Å². The van der Waals surface area contributed by atoms with Gasteiger partial charge in [-0.3, -0.25) is 4.79 Å². The highest BCUT2D eigenvalue weighted by molar-refractivity contribution is 5.77. The third-order valence-corrected chi connectivity index (χ3v) is 2.83. The lowest BCUT2D eigenvalue weighted by Crippen LogP contribution is -2.40. The first kappa shape index (κ1) is 11.5. The molecule has 82 valence electrons. The highest BCUT2D eigenvalue weighted by Gasteiger charge is 2.20. The molecule has 1 unspecified atom stereocenters. The first-order chi connectivity index (χ1) is 6.61. The maximum absolute atomic E-state index is 11.2. The van der Waals surface area contributed by atoms with Crippen molar-refractivity contribution in [3.63, 3.8) is 0 Å². The van der Waals surface area contributed by atoms with Gasteiger partial charge in [0.1, 0.15) is 0 Å². The van der Waals surface area contributed by atoms with Gasteiger partial charge in [0.05, 0.1) is 6.54 Å². The van der Waals surface area contributed by atoms with Crippen LogP contribution >= 0.6 is 0 Å². The summed E-state index contributed by atoms with van der Waals surface area (Å²) in [5, 5.41) is 3.21. The zero-order valence-corrected chi connectivity index (χ0v) is 9.42. The summed E-state index contributed by atoms with van der Waals surface area (Å²) in [5.41, 5.74) is 0. The van der Waals surface area contributed by atoms with Gasteiger partial charge in [0.15, 0.2) is 0 Å². The lowest BCUT2D eigenvalue weighted by Gasteiger charge is -2.20. The van der Waals surface area contributed by atoms with Crippen molar-refractivity contribution in [1.29, 1.82) is 0 Å². The van der Waals surface area contributed by atoms with Crippen LogP contribution in [0.4, 0.5) is 0 Å². The zero-order valence-electron chi connectivity index (χ0n) is 9.42. The van der Waals surface area contributed by atoms with Crippen molar-refractivity contribution >= 4 is 5.91 Å². The number of nitrogens with zero attached hydrogens (tertiary/aromatic N) is 2. The monoisotopic (exact) mass is 199 g/mol. The van der Waals surface area contributed by atoms with Crippen LogP contribution in [0.5, 0.6) is 0 Å². The van der Waals surface area contributed by atoms with E-state index in [1.807, 2.05) is 0 Å². The fourth-order valence-electron chi connectivity index (χ4n) is 1.74. The summed E-state index contributed by atoms with van der Waals surface area (Å²) < 4.78 is 0. The van der Waals surface area contributed by atoms with Crippen molar-refractivity contribution < 1.29 is 4.79 Å². The maximum atomic E-state index is 11.2. The third-order valence-electron chi connectivity index (χ3n) is 2.83. The van der Waals surface area contributed by atoms with E-state index in [2.05, 4.69) is 17.3 Å². The fraction of sp³-hybridized carbons (Fsp3) is 0.900. The van der Waals surface area contributed by atoms with Crippen LogP contribution in [0, 0.1) is 0 Å². The number of likely N-dealkylation sites (tertiary alicyclic amines) is 1. The second kappa shape index (κ2) is 5.32. The molecule has 0 saturated carbocycles. The third kappa shape index (κ3) is 3.27. The Hall–Kier alpha value is -0.610. The van der Waals surface area contributed by atoms with Crippen molar-refractivity contribution in [2.45, 2.75) is 18.9 Å². The Balaban J connectivity index is 2.12. The number of rotatable bonds is 4. The summed E-state index contributed by atoms with van der Waals surface area (Å²) in [7, 11) is 5.71. The van der Waals surface area contributed by atoms with E-state index in [9.17, 15) is 4.79 Å². The Labute approximate surface area is 86.2 Å². The zero-order chi connectivity index (χ0) is 10.6. The predicted molar refractivity (Wildman–Crippen MR) is 57.2 cm³/mol. The van der Waals surface area contributed by atoms with E-state index >= 15 is 0 Å². The Morgan fingerprint density at radius 3 is 2.79 bits per heavy atom. The van der Waals surface area contributed by atoms with Gasteiger partial charge in [-0.25, -0.2) is 0 Å². The standard InChI is InChI=1S/C10H21N3O/c1-12(2)10(14)8-11-7-9-5-4-6-13(9)3/h9,11H,4-8H2,1-3H3. The molecule has 1 rings (SSSR count). The number of carbonyl (C=O) groups excluding carboxylic acids is 1. The SMILES string of the molecule is CN(C)C(=O)CNCC1CCCN1C. The molecular weight excluding hydrogens is 178 g/mol. The van der Waals surface area contributed by atoms with Gasteiger partial charge in [0.25, 0.3) is 0 Å². The van der Waals surface area contributed by atoms with E-state index in [0.717, 1.165) is 6.54 Å². The largest absolute Gasteiger partial charge is 0.348 e. The smallest absolute Gasteiger partial charge is 0.236 e. The van der Waals surface area contributed by atoms with Crippen molar-refractivity contribution in [1.82, 2.24) is 15.1 Å². The van der Waals surface area contributed by atoms with E-state index in [1.54, 1.807) is 19.0 Å². The molecule has 1 amide bonds. The van der Waals surface area contributed by atoms with Gasteiger partial charge in [-0.05, 0) is 26.4 Å². The molecule has 0 aromatic rings. The predicted octanol–water partition coefficient (Wildman–Crippen LogP) is -0.242. The molecule has 1 saturated heterocycles. The molecule has 1 aliphatic heterocycles. The molecule has 0 aliphatic carbocycles. The van der Waals surface area contributed by atoms with E-state index in [-0.39, 0.29) is 5.91 Å². The lowest BCUT2D eigenvalue weighted by atomic mass is 10.2. The number of amides is 1. The first-order valence-corrected chi connectivity index (χ1v) is 5.22. The summed E-state index contributed by atoms with van der Waals surface area (Å²) in [4.78, 5) is 15.2. The summed E-state index contributed by atoms with van der Waals surface area (Å²) in [5.74, 6) is 0.144. The van der Waals surface area contributed by atoms with Gasteiger partial charge < -0.3 is 15.1 Å². The van der Waals surface area contributed by atoms with Crippen molar-refractivity contribution in [2.75, 3.05) is 40.8 Å². The first-order valence-electron chi connectivity index (χ1n) is 5.22. The number of hydrogen-bond acceptors (Lipinski definition) is 3. The van der Waals surface area contributed by atoms with Crippen LogP contribution in [0.15, 0.2) is 0 Å².